The Morgan fingerprint density at radius 3 is 2.17 bits per heavy atom. The lowest BCUT2D eigenvalue weighted by atomic mass is 10.0. The molecular formula is C35H45N7O12. The van der Waals surface area contributed by atoms with Gasteiger partial charge in [0.25, 0.3) is 5.69 Å². The van der Waals surface area contributed by atoms with E-state index in [-0.39, 0.29) is 56.3 Å². The number of benzene rings is 2. The molecule has 0 aromatic heterocycles. The van der Waals surface area contributed by atoms with Gasteiger partial charge in [-0.1, -0.05) is 25.8 Å². The maximum Gasteiger partial charge on any atom is 0.514 e. The molecule has 0 spiro atoms. The van der Waals surface area contributed by atoms with Crippen LogP contribution in [0.15, 0.2) is 42.5 Å². The summed E-state index contributed by atoms with van der Waals surface area (Å²) >= 11 is 0. The maximum atomic E-state index is 13.6. The zero-order chi connectivity index (χ0) is 40.4. The molecule has 0 radical (unpaired) electrons. The second-order valence-electron chi connectivity index (χ2n) is 12.9. The van der Waals surface area contributed by atoms with Crippen molar-refractivity contribution in [3.8, 4) is 18.1 Å². The number of rotatable bonds is 17. The molecule has 54 heavy (non-hydrogen) atoms. The zero-order valence-corrected chi connectivity index (χ0v) is 30.5. The predicted octanol–water partition coefficient (Wildman–Crippen LogP) is 3.59. The van der Waals surface area contributed by atoms with Crippen molar-refractivity contribution < 1.29 is 52.6 Å². The summed E-state index contributed by atoms with van der Waals surface area (Å²) in [6.45, 7) is 7.66. The number of carbonyl (C=O) groups excluding carboxylic acids is 6. The van der Waals surface area contributed by atoms with E-state index in [4.69, 9.17) is 31.1 Å². The number of nitro benzene ring substituents is 1. The lowest BCUT2D eigenvalue weighted by molar-refractivity contribution is -0.384. The largest absolute Gasteiger partial charge is 0.514 e. The predicted molar refractivity (Wildman–Crippen MR) is 193 cm³/mol. The standard InChI is InChI=1S/C35H45N7O12/c1-7-16-38-32(46)51-20-23-18-24(11-10-22(23)19-52-34(48)53-26-14-12-25(13-15-26)42(49)50)39-29(43)27(9-8-17-37-31(36)45)40-30(44)28(21(2)3)41-33(47)54-35(4,5)6/h1,10-15,18,21,27-28H,8-9,16-17,19-20H2,2-6H3,(H,38,46)(H,39,43)(H,40,44)(H,41,47)(H3,36,37,45). The Kier molecular flexibility index (Phi) is 17.0. The van der Waals surface area contributed by atoms with Gasteiger partial charge >= 0.3 is 24.4 Å². The number of carbonyl (C=O) groups is 6. The van der Waals surface area contributed by atoms with E-state index < -0.39 is 64.7 Å². The number of primary amides is 1. The first kappa shape index (κ1) is 43.6. The first-order valence-corrected chi connectivity index (χ1v) is 16.6. The van der Waals surface area contributed by atoms with Crippen LogP contribution in [0, 0.1) is 28.4 Å². The Bertz CT molecular complexity index is 1700. The van der Waals surface area contributed by atoms with E-state index in [1.54, 1.807) is 34.6 Å². The van der Waals surface area contributed by atoms with Gasteiger partial charge in [-0.05, 0) is 74.9 Å². The highest BCUT2D eigenvalue weighted by molar-refractivity contribution is 5.98. The van der Waals surface area contributed by atoms with Crippen molar-refractivity contribution in [3.63, 3.8) is 0 Å². The van der Waals surface area contributed by atoms with Gasteiger partial charge in [-0.25, -0.2) is 19.2 Å². The quantitative estimate of drug-likeness (QED) is 0.0257. The van der Waals surface area contributed by atoms with Crippen molar-refractivity contribution >= 4 is 47.6 Å². The maximum absolute atomic E-state index is 13.6. The Morgan fingerprint density at radius 1 is 0.907 bits per heavy atom. The number of non-ortho nitro benzene ring substituents is 1. The van der Waals surface area contributed by atoms with E-state index in [9.17, 15) is 38.9 Å². The number of terminal acetylenes is 1. The fourth-order valence-electron chi connectivity index (χ4n) is 4.44. The number of nitrogens with zero attached hydrogens (tertiary/aromatic N) is 1. The monoisotopic (exact) mass is 755 g/mol. The number of nitrogens with two attached hydrogens (primary N) is 1. The van der Waals surface area contributed by atoms with E-state index >= 15 is 0 Å². The normalized spacial score (nSPS) is 11.8. The molecule has 0 saturated carbocycles. The van der Waals surface area contributed by atoms with E-state index in [0.29, 0.717) is 11.1 Å². The highest BCUT2D eigenvalue weighted by atomic mass is 16.7. The molecule has 19 heteroatoms. The molecule has 19 nitrogen and oxygen atoms in total. The summed E-state index contributed by atoms with van der Waals surface area (Å²) in [6, 6.07) is 6.11. The Labute approximate surface area is 311 Å². The third-order valence-corrected chi connectivity index (χ3v) is 6.98. The molecule has 0 heterocycles. The summed E-state index contributed by atoms with van der Waals surface area (Å²) in [6.07, 6.45) is 2.64. The van der Waals surface area contributed by atoms with Gasteiger partial charge < -0.3 is 51.3 Å². The third-order valence-electron chi connectivity index (χ3n) is 6.98. The number of alkyl carbamates (subject to hydrolysis) is 2. The number of anilines is 1. The van der Waals surface area contributed by atoms with Gasteiger partial charge in [0.1, 0.15) is 36.6 Å². The van der Waals surface area contributed by atoms with Gasteiger partial charge in [-0.3, -0.25) is 19.7 Å². The van der Waals surface area contributed by atoms with Gasteiger partial charge in [0.2, 0.25) is 11.8 Å². The van der Waals surface area contributed by atoms with Crippen LogP contribution in [0.1, 0.15) is 58.6 Å². The minimum Gasteiger partial charge on any atom is -0.445 e. The molecule has 0 bridgehead atoms. The van der Waals surface area contributed by atoms with Gasteiger partial charge in [0, 0.05) is 24.4 Å². The highest BCUT2D eigenvalue weighted by Gasteiger charge is 2.30. The van der Waals surface area contributed by atoms with Crippen LogP contribution in [0.3, 0.4) is 0 Å². The topological polar surface area (TPSA) is 269 Å². The molecule has 2 atom stereocenters. The summed E-state index contributed by atoms with van der Waals surface area (Å²) in [7, 11) is 0. The molecule has 292 valence electrons. The van der Waals surface area contributed by atoms with Crippen molar-refractivity contribution in [2.75, 3.05) is 18.4 Å². The van der Waals surface area contributed by atoms with Crippen LogP contribution in [-0.2, 0) is 37.0 Å². The summed E-state index contributed by atoms with van der Waals surface area (Å²) in [5.41, 5.74) is 4.94. The van der Waals surface area contributed by atoms with Crippen molar-refractivity contribution in [1.82, 2.24) is 21.3 Å². The van der Waals surface area contributed by atoms with E-state index in [0.717, 1.165) is 12.1 Å². The molecule has 2 unspecified atom stereocenters. The van der Waals surface area contributed by atoms with Gasteiger partial charge in [0.15, 0.2) is 0 Å². The molecule has 0 fully saturated rings. The minimum absolute atomic E-state index is 0.00945. The Hall–Kier alpha value is -6.58. The molecule has 2 rings (SSSR count). The Morgan fingerprint density at radius 2 is 1.57 bits per heavy atom. The number of ether oxygens (including phenoxy) is 4. The molecule has 7 N–H and O–H groups in total. The summed E-state index contributed by atoms with van der Waals surface area (Å²) in [4.78, 5) is 85.5. The fraction of sp³-hybridized carbons (Fsp3) is 0.429. The lowest BCUT2D eigenvalue weighted by Crippen LogP contribution is -2.55. The van der Waals surface area contributed by atoms with Crippen molar-refractivity contribution in [1.29, 1.82) is 0 Å². The van der Waals surface area contributed by atoms with Gasteiger partial charge in [0.05, 0.1) is 11.5 Å². The van der Waals surface area contributed by atoms with E-state index in [2.05, 4.69) is 32.5 Å². The molecule has 0 aliphatic heterocycles. The fourth-order valence-corrected chi connectivity index (χ4v) is 4.44. The van der Waals surface area contributed by atoms with Crippen LogP contribution in [0.25, 0.3) is 0 Å². The molecule has 2 aromatic rings. The van der Waals surface area contributed by atoms with Crippen LogP contribution >= 0.6 is 0 Å². The van der Waals surface area contributed by atoms with E-state index in [1.165, 1.54) is 30.3 Å². The molecule has 0 aliphatic rings. The molecule has 6 amide bonds. The number of amides is 6. The number of hydrogen-bond donors (Lipinski definition) is 6. The van der Waals surface area contributed by atoms with E-state index in [1.807, 2.05) is 0 Å². The average molecular weight is 756 g/mol. The van der Waals surface area contributed by atoms with Crippen LogP contribution in [0.2, 0.25) is 0 Å². The third kappa shape index (κ3) is 16.2. The Balaban J connectivity index is 2.28. The van der Waals surface area contributed by atoms with Crippen LogP contribution < -0.4 is 37.1 Å². The lowest BCUT2D eigenvalue weighted by Gasteiger charge is -2.27. The second-order valence-corrected chi connectivity index (χ2v) is 12.9. The van der Waals surface area contributed by atoms with Crippen molar-refractivity contribution in [3.05, 3.63) is 63.7 Å². The number of hydrogen-bond acceptors (Lipinski definition) is 12. The van der Waals surface area contributed by atoms with Crippen LogP contribution in [0.4, 0.5) is 30.6 Å². The second kappa shape index (κ2) is 21.1. The SMILES string of the molecule is C#CCNC(=O)OCc1cc(NC(=O)C(CCCNC(N)=O)NC(=O)C(NC(=O)OC(C)(C)C)C(C)C)ccc1COC(=O)Oc1ccc([N+](=O)[O-])cc1. The first-order valence-electron chi connectivity index (χ1n) is 16.6. The zero-order valence-electron chi connectivity index (χ0n) is 30.5. The summed E-state index contributed by atoms with van der Waals surface area (Å²) < 4.78 is 20.8. The summed E-state index contributed by atoms with van der Waals surface area (Å²) in [5.74, 6) is 0.481. The number of nitro groups is 1. The minimum atomic E-state index is -1.17. The van der Waals surface area contributed by atoms with Gasteiger partial charge in [-0.15, -0.1) is 6.42 Å². The smallest absolute Gasteiger partial charge is 0.445 e. The number of nitrogens with one attached hydrogen (secondary N) is 5. The summed E-state index contributed by atoms with van der Waals surface area (Å²) in [5, 5.41) is 23.5. The molecule has 0 saturated heterocycles. The van der Waals surface area contributed by atoms with Crippen LogP contribution in [-0.4, -0.2) is 71.9 Å². The molecule has 2 aromatic carbocycles. The highest BCUT2D eigenvalue weighted by Crippen LogP contribution is 2.21. The average Bonchev–Trinajstić information content (AvgIpc) is 3.08. The molecular weight excluding hydrogens is 710 g/mol. The van der Waals surface area contributed by atoms with Crippen molar-refractivity contribution in [2.45, 2.75) is 78.4 Å². The number of urea groups is 1. The molecule has 0 aliphatic carbocycles. The first-order chi connectivity index (χ1) is 25.4. The van der Waals surface area contributed by atoms with Crippen LogP contribution in [0.5, 0.6) is 5.75 Å². The van der Waals surface area contributed by atoms with Gasteiger partial charge in [-0.2, -0.15) is 0 Å². The van der Waals surface area contributed by atoms with Crippen molar-refractivity contribution in [2.24, 2.45) is 11.7 Å².